The number of benzene rings is 1. The summed E-state index contributed by atoms with van der Waals surface area (Å²) in [5.74, 6) is -0.289. The highest BCUT2D eigenvalue weighted by molar-refractivity contribution is 6.04. The third kappa shape index (κ3) is 2.29. The molecule has 1 aromatic carbocycles. The monoisotopic (exact) mass is 264 g/mol. The van der Waals surface area contributed by atoms with E-state index in [1.807, 2.05) is 18.2 Å². The minimum Gasteiger partial charge on any atom is -0.397 e. The zero-order valence-electron chi connectivity index (χ0n) is 10.6. The Bertz CT molecular complexity index is 771. The summed E-state index contributed by atoms with van der Waals surface area (Å²) in [4.78, 5) is 20.4. The molecule has 0 saturated heterocycles. The van der Waals surface area contributed by atoms with Crippen molar-refractivity contribution in [2.45, 2.75) is 0 Å². The summed E-state index contributed by atoms with van der Waals surface area (Å²) in [5, 5.41) is 3.64. The van der Waals surface area contributed by atoms with Crippen molar-refractivity contribution in [1.29, 1.82) is 0 Å². The Labute approximate surface area is 115 Å². The summed E-state index contributed by atoms with van der Waals surface area (Å²) < 4.78 is 0. The van der Waals surface area contributed by atoms with Crippen molar-refractivity contribution in [3.8, 4) is 0 Å². The molecule has 0 spiro atoms. The Kier molecular flexibility index (Phi) is 3.01. The van der Waals surface area contributed by atoms with E-state index in [1.165, 1.54) is 0 Å². The van der Waals surface area contributed by atoms with Crippen molar-refractivity contribution in [3.63, 3.8) is 0 Å². The van der Waals surface area contributed by atoms with Crippen LogP contribution in [-0.2, 0) is 0 Å². The fourth-order valence-electron chi connectivity index (χ4n) is 1.93. The van der Waals surface area contributed by atoms with Crippen LogP contribution in [0.3, 0.4) is 0 Å². The number of nitrogens with two attached hydrogens (primary N) is 1. The van der Waals surface area contributed by atoms with Crippen molar-refractivity contribution in [3.05, 3.63) is 60.6 Å². The molecule has 0 fully saturated rings. The first-order valence-corrected chi connectivity index (χ1v) is 6.11. The Balaban J connectivity index is 1.94. The van der Waals surface area contributed by atoms with Gasteiger partial charge in [-0.25, -0.2) is 4.98 Å². The first-order chi connectivity index (χ1) is 9.74. The lowest BCUT2D eigenvalue weighted by Gasteiger charge is -2.06. The zero-order chi connectivity index (χ0) is 13.9. The van der Waals surface area contributed by atoms with E-state index in [2.05, 4.69) is 15.3 Å². The average Bonchev–Trinajstić information content (AvgIpc) is 2.48. The summed E-state index contributed by atoms with van der Waals surface area (Å²) in [6.07, 6.45) is 3.22. The Morgan fingerprint density at radius 3 is 2.80 bits per heavy atom. The highest BCUT2D eigenvalue weighted by Gasteiger charge is 2.09. The Hall–Kier alpha value is -2.95. The lowest BCUT2D eigenvalue weighted by atomic mass is 10.1. The molecule has 20 heavy (non-hydrogen) atoms. The van der Waals surface area contributed by atoms with Crippen LogP contribution in [0.2, 0.25) is 0 Å². The number of anilines is 2. The summed E-state index contributed by atoms with van der Waals surface area (Å²) in [7, 11) is 0. The summed E-state index contributed by atoms with van der Waals surface area (Å²) in [6, 6.07) is 12.5. The van der Waals surface area contributed by atoms with Gasteiger partial charge in [-0.2, -0.15) is 0 Å². The second-order valence-electron chi connectivity index (χ2n) is 4.31. The van der Waals surface area contributed by atoms with Crippen LogP contribution < -0.4 is 11.1 Å². The number of carbonyl (C=O) groups excluding carboxylic acids is 1. The second kappa shape index (κ2) is 4.97. The van der Waals surface area contributed by atoms with Gasteiger partial charge >= 0.3 is 0 Å². The van der Waals surface area contributed by atoms with Crippen LogP contribution in [0.5, 0.6) is 0 Å². The SMILES string of the molecule is Nc1cccc2ccc(C(=O)Nc3cccnc3)nc12. The second-order valence-corrected chi connectivity index (χ2v) is 4.31. The van der Waals surface area contributed by atoms with E-state index >= 15 is 0 Å². The maximum atomic E-state index is 12.1. The number of nitrogens with one attached hydrogen (secondary N) is 1. The molecule has 0 bridgehead atoms. The molecule has 5 heteroatoms. The largest absolute Gasteiger partial charge is 0.397 e. The average molecular weight is 264 g/mol. The van der Waals surface area contributed by atoms with Crippen molar-refractivity contribution in [1.82, 2.24) is 9.97 Å². The molecule has 3 aromatic rings. The first kappa shape index (κ1) is 12.1. The van der Waals surface area contributed by atoms with Crippen molar-refractivity contribution in [2.24, 2.45) is 0 Å². The number of para-hydroxylation sites is 1. The molecule has 0 aliphatic carbocycles. The van der Waals surface area contributed by atoms with Gasteiger partial charge in [-0.1, -0.05) is 18.2 Å². The molecule has 98 valence electrons. The maximum absolute atomic E-state index is 12.1. The lowest BCUT2D eigenvalue weighted by molar-refractivity contribution is 0.102. The van der Waals surface area contributed by atoms with Gasteiger partial charge in [0.15, 0.2) is 0 Å². The summed E-state index contributed by atoms with van der Waals surface area (Å²) >= 11 is 0. The molecular formula is C15H12N4O. The minimum absolute atomic E-state index is 0.289. The number of hydrogen-bond acceptors (Lipinski definition) is 4. The number of pyridine rings is 2. The van der Waals surface area contributed by atoms with Gasteiger partial charge in [0.1, 0.15) is 5.69 Å². The molecular weight excluding hydrogens is 252 g/mol. The third-order valence-electron chi connectivity index (χ3n) is 2.90. The normalized spacial score (nSPS) is 10.4. The van der Waals surface area contributed by atoms with E-state index in [9.17, 15) is 4.79 Å². The molecule has 0 atom stereocenters. The smallest absolute Gasteiger partial charge is 0.274 e. The first-order valence-electron chi connectivity index (χ1n) is 6.11. The number of nitrogen functional groups attached to an aromatic ring is 1. The van der Waals surface area contributed by atoms with Crippen LogP contribution in [0.1, 0.15) is 10.5 Å². The highest BCUT2D eigenvalue weighted by atomic mass is 16.1. The quantitative estimate of drug-likeness (QED) is 0.697. The summed E-state index contributed by atoms with van der Waals surface area (Å²) in [6.45, 7) is 0. The van der Waals surface area contributed by atoms with Crippen molar-refractivity contribution < 1.29 is 4.79 Å². The molecule has 0 aliphatic heterocycles. The third-order valence-corrected chi connectivity index (χ3v) is 2.90. The number of aromatic nitrogens is 2. The van der Waals surface area contributed by atoms with Crippen LogP contribution in [0.4, 0.5) is 11.4 Å². The van der Waals surface area contributed by atoms with Gasteiger partial charge in [-0.3, -0.25) is 9.78 Å². The van der Waals surface area contributed by atoms with Crippen LogP contribution >= 0.6 is 0 Å². The number of fused-ring (bicyclic) bond motifs is 1. The van der Waals surface area contributed by atoms with E-state index in [4.69, 9.17) is 5.73 Å². The lowest BCUT2D eigenvalue weighted by Crippen LogP contribution is -2.13. The van der Waals surface area contributed by atoms with Gasteiger partial charge < -0.3 is 11.1 Å². The predicted molar refractivity (Wildman–Crippen MR) is 78.3 cm³/mol. The molecule has 5 nitrogen and oxygen atoms in total. The van der Waals surface area contributed by atoms with Crippen molar-refractivity contribution in [2.75, 3.05) is 11.1 Å². The van der Waals surface area contributed by atoms with Gasteiger partial charge in [-0.15, -0.1) is 0 Å². The molecule has 3 N–H and O–H groups in total. The molecule has 0 saturated carbocycles. The standard InChI is InChI=1S/C15H12N4O/c16-12-5-1-3-10-6-7-13(19-14(10)12)15(20)18-11-4-2-8-17-9-11/h1-9H,16H2,(H,18,20). The maximum Gasteiger partial charge on any atom is 0.274 e. The molecule has 3 rings (SSSR count). The number of carbonyl (C=O) groups is 1. The number of amides is 1. The highest BCUT2D eigenvalue weighted by Crippen LogP contribution is 2.19. The van der Waals surface area contributed by atoms with Gasteiger partial charge in [0.05, 0.1) is 23.1 Å². The van der Waals surface area contributed by atoms with Gasteiger partial charge in [0, 0.05) is 11.6 Å². The van der Waals surface area contributed by atoms with Gasteiger partial charge in [0.25, 0.3) is 5.91 Å². The fraction of sp³-hybridized carbons (Fsp3) is 0. The van der Waals surface area contributed by atoms with E-state index in [-0.39, 0.29) is 5.91 Å². The topological polar surface area (TPSA) is 80.9 Å². The zero-order valence-corrected chi connectivity index (χ0v) is 10.6. The summed E-state index contributed by atoms with van der Waals surface area (Å²) in [5.41, 5.74) is 8.00. The molecule has 2 aromatic heterocycles. The predicted octanol–water partition coefficient (Wildman–Crippen LogP) is 2.46. The van der Waals surface area contributed by atoms with E-state index in [1.54, 1.807) is 36.7 Å². The van der Waals surface area contributed by atoms with Crippen molar-refractivity contribution >= 4 is 28.2 Å². The van der Waals surface area contributed by atoms with Gasteiger partial charge in [0.2, 0.25) is 0 Å². The molecule has 0 aliphatic rings. The van der Waals surface area contributed by atoms with Crippen LogP contribution in [0, 0.1) is 0 Å². The molecule has 2 heterocycles. The van der Waals surface area contributed by atoms with Gasteiger partial charge in [-0.05, 0) is 24.3 Å². The van der Waals surface area contributed by atoms with Crippen LogP contribution in [0.25, 0.3) is 10.9 Å². The Morgan fingerprint density at radius 1 is 1.10 bits per heavy atom. The number of rotatable bonds is 2. The van der Waals surface area contributed by atoms with E-state index in [0.29, 0.717) is 22.6 Å². The van der Waals surface area contributed by atoms with E-state index < -0.39 is 0 Å². The van der Waals surface area contributed by atoms with E-state index in [0.717, 1.165) is 5.39 Å². The van der Waals surface area contributed by atoms with Crippen LogP contribution in [0.15, 0.2) is 54.9 Å². The fourth-order valence-corrected chi connectivity index (χ4v) is 1.93. The minimum atomic E-state index is -0.289. The Morgan fingerprint density at radius 2 is 2.00 bits per heavy atom. The molecule has 0 radical (unpaired) electrons. The van der Waals surface area contributed by atoms with Crippen LogP contribution in [-0.4, -0.2) is 15.9 Å². The number of hydrogen-bond donors (Lipinski definition) is 2. The number of nitrogens with zero attached hydrogens (tertiary/aromatic N) is 2. The molecule has 0 unspecified atom stereocenters. The molecule has 1 amide bonds.